The first-order chi connectivity index (χ1) is 17.1. The summed E-state index contributed by atoms with van der Waals surface area (Å²) in [5.41, 5.74) is -0.0000753. The van der Waals surface area contributed by atoms with Crippen molar-refractivity contribution in [2.75, 3.05) is 12.4 Å². The van der Waals surface area contributed by atoms with Crippen molar-refractivity contribution in [1.82, 2.24) is 24.5 Å². The van der Waals surface area contributed by atoms with Gasteiger partial charge < -0.3 is 15.5 Å². The van der Waals surface area contributed by atoms with Gasteiger partial charge in [0.25, 0.3) is 0 Å². The second-order valence-electron chi connectivity index (χ2n) is 7.99. The van der Waals surface area contributed by atoms with Crippen LogP contribution in [0.15, 0.2) is 43.0 Å². The Morgan fingerprint density at radius 1 is 1.25 bits per heavy atom. The Morgan fingerprint density at radius 2 is 2.03 bits per heavy atom. The van der Waals surface area contributed by atoms with Gasteiger partial charge in [-0.05, 0) is 12.1 Å². The van der Waals surface area contributed by atoms with Crippen molar-refractivity contribution in [1.29, 1.82) is 0 Å². The third kappa shape index (κ3) is 5.39. The molecule has 1 aromatic carbocycles. The molecule has 4 rings (SSSR count). The molecule has 2 aromatic heterocycles. The van der Waals surface area contributed by atoms with Gasteiger partial charge in [0.05, 0.1) is 18.2 Å². The topological polar surface area (TPSA) is 169 Å². The lowest BCUT2D eigenvalue weighted by Crippen LogP contribution is -2.38. The summed E-state index contributed by atoms with van der Waals surface area (Å²) >= 11 is 0. The van der Waals surface area contributed by atoms with Crippen molar-refractivity contribution in [2.45, 2.75) is 37.3 Å². The summed E-state index contributed by atoms with van der Waals surface area (Å²) in [6.45, 7) is -0.115. The van der Waals surface area contributed by atoms with Crippen LogP contribution in [-0.4, -0.2) is 75.6 Å². The number of aromatic nitrogens is 4. The van der Waals surface area contributed by atoms with Crippen LogP contribution in [0.2, 0.25) is 0 Å². The van der Waals surface area contributed by atoms with E-state index in [4.69, 9.17) is 4.18 Å². The smallest absolute Gasteiger partial charge is 0.335 e. The number of nitrogens with one attached hydrogen (secondary N) is 2. The van der Waals surface area contributed by atoms with Gasteiger partial charge in [-0.25, -0.2) is 18.7 Å². The average molecular weight is 525 g/mol. The summed E-state index contributed by atoms with van der Waals surface area (Å²) in [6.07, 6.45) is -0.507. The summed E-state index contributed by atoms with van der Waals surface area (Å²) in [6, 6.07) is 4.23. The second kappa shape index (κ2) is 10.3. The highest BCUT2D eigenvalue weighted by Gasteiger charge is 2.44. The quantitative estimate of drug-likeness (QED) is 0.279. The molecule has 4 atom stereocenters. The van der Waals surface area contributed by atoms with Crippen LogP contribution < -0.4 is 10.0 Å². The normalized spacial score (nSPS) is 22.0. The Hall–Kier alpha value is -3.37. The molecule has 2 heterocycles. The molecule has 1 aliphatic rings. The first-order valence-electron chi connectivity index (χ1n) is 10.6. The van der Waals surface area contributed by atoms with E-state index in [1.165, 1.54) is 35.3 Å². The molecular formula is C21H22F2N6O6S. The SMILES string of the molecule is CNS(=O)(=O)O[C@@H]1C[C@@H](Nc2ncncc2C(=O)c2ccn(Cc3cccc(F)c3F)n2)[C@H](O)[C@H]1O. The van der Waals surface area contributed by atoms with E-state index in [9.17, 15) is 32.2 Å². The Balaban J connectivity index is 1.51. The van der Waals surface area contributed by atoms with Crippen molar-refractivity contribution >= 4 is 21.9 Å². The first-order valence-corrected chi connectivity index (χ1v) is 12.1. The molecule has 192 valence electrons. The Kier molecular flexibility index (Phi) is 7.37. The van der Waals surface area contributed by atoms with Gasteiger partial charge in [0.15, 0.2) is 11.6 Å². The zero-order valence-electron chi connectivity index (χ0n) is 18.7. The Bertz CT molecular complexity index is 1370. The highest BCUT2D eigenvalue weighted by molar-refractivity contribution is 7.84. The van der Waals surface area contributed by atoms with Crippen molar-refractivity contribution in [2.24, 2.45) is 0 Å². The summed E-state index contributed by atoms with van der Waals surface area (Å²) in [7, 11) is -2.99. The third-order valence-electron chi connectivity index (χ3n) is 5.65. The van der Waals surface area contributed by atoms with E-state index in [1.54, 1.807) is 0 Å². The van der Waals surface area contributed by atoms with E-state index in [0.717, 1.165) is 19.4 Å². The highest BCUT2D eigenvalue weighted by Crippen LogP contribution is 2.28. The molecule has 1 aliphatic carbocycles. The fourth-order valence-corrected chi connectivity index (χ4v) is 4.39. The van der Waals surface area contributed by atoms with Crippen molar-refractivity contribution in [3.63, 3.8) is 0 Å². The third-order valence-corrected chi connectivity index (χ3v) is 6.65. The summed E-state index contributed by atoms with van der Waals surface area (Å²) in [4.78, 5) is 21.0. The van der Waals surface area contributed by atoms with Crippen LogP contribution in [0.5, 0.6) is 0 Å². The maximum absolute atomic E-state index is 14.0. The largest absolute Gasteiger partial charge is 0.388 e. The average Bonchev–Trinajstić information content (AvgIpc) is 3.42. The molecule has 3 aromatic rings. The number of nitrogens with zero attached hydrogens (tertiary/aromatic N) is 4. The lowest BCUT2D eigenvalue weighted by molar-refractivity contribution is -0.00882. The van der Waals surface area contributed by atoms with Crippen LogP contribution in [0.1, 0.15) is 28.0 Å². The number of anilines is 1. The highest BCUT2D eigenvalue weighted by atomic mass is 32.2. The molecule has 1 saturated carbocycles. The van der Waals surface area contributed by atoms with E-state index in [2.05, 4.69) is 20.4 Å². The van der Waals surface area contributed by atoms with Gasteiger partial charge in [0, 0.05) is 31.4 Å². The van der Waals surface area contributed by atoms with E-state index in [-0.39, 0.29) is 35.6 Å². The maximum Gasteiger partial charge on any atom is 0.335 e. The number of aliphatic hydroxyl groups is 2. The molecule has 15 heteroatoms. The van der Waals surface area contributed by atoms with Gasteiger partial charge >= 0.3 is 10.3 Å². The molecule has 36 heavy (non-hydrogen) atoms. The minimum absolute atomic E-state index is 0.00842. The standard InChI is InChI=1S/C21H22F2N6O6S/c1-24-36(33,34)35-16-7-15(19(31)20(16)32)27-21-12(8-25-10-26-21)18(30)14-5-6-29(28-14)9-11-3-2-4-13(22)17(11)23/h2-6,8,10,15-16,19-20,24,31-32H,7,9H2,1H3,(H,25,26,27)/t15-,16-,19+,20+/m1/s1. The monoisotopic (exact) mass is 524 g/mol. The molecule has 0 aliphatic heterocycles. The number of halogens is 2. The van der Waals surface area contributed by atoms with E-state index < -0.39 is 52.1 Å². The molecular weight excluding hydrogens is 502 g/mol. The van der Waals surface area contributed by atoms with Crippen molar-refractivity contribution < 1.29 is 36.4 Å². The maximum atomic E-state index is 14.0. The molecule has 12 nitrogen and oxygen atoms in total. The van der Waals surface area contributed by atoms with Gasteiger partial charge in [-0.15, -0.1) is 0 Å². The molecule has 0 spiro atoms. The number of carbonyl (C=O) groups is 1. The lowest BCUT2D eigenvalue weighted by atomic mass is 10.1. The van der Waals surface area contributed by atoms with Gasteiger partial charge in [-0.2, -0.15) is 18.2 Å². The minimum atomic E-state index is -4.12. The Morgan fingerprint density at radius 3 is 2.78 bits per heavy atom. The first kappa shape index (κ1) is 25.7. The number of ketones is 1. The zero-order valence-corrected chi connectivity index (χ0v) is 19.6. The lowest BCUT2D eigenvalue weighted by Gasteiger charge is -2.19. The zero-order chi connectivity index (χ0) is 26.0. The van der Waals surface area contributed by atoms with Crippen LogP contribution in [0.25, 0.3) is 0 Å². The number of aliphatic hydroxyl groups excluding tert-OH is 2. The van der Waals surface area contributed by atoms with Crippen molar-refractivity contribution in [3.05, 3.63) is 71.4 Å². The molecule has 0 amide bonds. The van der Waals surface area contributed by atoms with E-state index in [1.807, 2.05) is 4.72 Å². The molecule has 1 fully saturated rings. The van der Waals surface area contributed by atoms with Crippen molar-refractivity contribution in [3.8, 4) is 0 Å². The number of hydrogen-bond acceptors (Lipinski definition) is 10. The van der Waals surface area contributed by atoms with Gasteiger partial charge in [-0.3, -0.25) is 13.7 Å². The van der Waals surface area contributed by atoms with Crippen LogP contribution >= 0.6 is 0 Å². The van der Waals surface area contributed by atoms with E-state index >= 15 is 0 Å². The van der Waals surface area contributed by atoms with Gasteiger partial charge in [-0.1, -0.05) is 12.1 Å². The predicted octanol–water partition coefficient (Wildman–Crippen LogP) is -0.0140. The summed E-state index contributed by atoms with van der Waals surface area (Å²) in [5.74, 6) is -2.60. The summed E-state index contributed by atoms with van der Waals surface area (Å²) in [5, 5.41) is 27.6. The van der Waals surface area contributed by atoms with Gasteiger partial charge in [0.1, 0.15) is 36.2 Å². The van der Waals surface area contributed by atoms with Crippen LogP contribution in [0.4, 0.5) is 14.6 Å². The molecule has 0 radical (unpaired) electrons. The van der Waals surface area contributed by atoms with Crippen LogP contribution in [0.3, 0.4) is 0 Å². The van der Waals surface area contributed by atoms with E-state index in [0.29, 0.717) is 0 Å². The van der Waals surface area contributed by atoms with Crippen LogP contribution in [-0.2, 0) is 21.0 Å². The van der Waals surface area contributed by atoms with Crippen LogP contribution in [0, 0.1) is 11.6 Å². The number of rotatable bonds is 9. The Labute approximate surface area is 204 Å². The molecule has 0 unspecified atom stereocenters. The van der Waals surface area contributed by atoms with Gasteiger partial charge in [0.2, 0.25) is 5.78 Å². The molecule has 0 bridgehead atoms. The number of carbonyl (C=O) groups excluding carboxylic acids is 1. The minimum Gasteiger partial charge on any atom is -0.388 e. The fourth-order valence-electron chi connectivity index (χ4n) is 3.78. The molecule has 0 saturated heterocycles. The fraction of sp³-hybridized carbons (Fsp3) is 0.333. The number of hydrogen-bond donors (Lipinski definition) is 4. The summed E-state index contributed by atoms with van der Waals surface area (Å²) < 4.78 is 58.9. The second-order valence-corrected chi connectivity index (χ2v) is 9.50. The predicted molar refractivity (Wildman–Crippen MR) is 120 cm³/mol. The molecule has 4 N–H and O–H groups in total. The number of benzene rings is 1.